The Balaban J connectivity index is 3.05. The summed E-state index contributed by atoms with van der Waals surface area (Å²) in [5.74, 6) is -1.39. The van der Waals surface area contributed by atoms with E-state index in [0.29, 0.717) is 0 Å². The van der Waals surface area contributed by atoms with Crippen LogP contribution in [0.25, 0.3) is 0 Å². The van der Waals surface area contributed by atoms with Crippen LogP contribution in [0.2, 0.25) is 0 Å². The SMILES string of the molecule is N#C/C(=N\Nc1cc([N+](=O)[O-])ccc1F)C(=N)N. The van der Waals surface area contributed by atoms with E-state index in [2.05, 4.69) is 10.5 Å². The van der Waals surface area contributed by atoms with Crippen LogP contribution in [-0.2, 0) is 0 Å². The second kappa shape index (κ2) is 5.35. The first-order valence-electron chi connectivity index (χ1n) is 4.48. The van der Waals surface area contributed by atoms with E-state index < -0.39 is 22.3 Å². The molecule has 0 atom stereocenters. The molecule has 0 aliphatic carbocycles. The first kappa shape index (κ1) is 13.0. The topological polar surface area (TPSA) is 141 Å². The summed E-state index contributed by atoms with van der Waals surface area (Å²) in [6.45, 7) is 0. The molecular formula is C9H7FN6O2. The van der Waals surface area contributed by atoms with E-state index in [9.17, 15) is 14.5 Å². The third-order valence-electron chi connectivity index (χ3n) is 1.81. The number of amidine groups is 1. The van der Waals surface area contributed by atoms with Gasteiger partial charge in [-0.15, -0.1) is 0 Å². The average Bonchev–Trinajstić information content (AvgIpc) is 2.31. The lowest BCUT2D eigenvalue weighted by Gasteiger charge is -2.02. The fourth-order valence-electron chi connectivity index (χ4n) is 0.974. The van der Waals surface area contributed by atoms with Crippen LogP contribution in [-0.4, -0.2) is 16.5 Å². The Bertz CT molecular complexity index is 577. The molecule has 92 valence electrons. The van der Waals surface area contributed by atoms with Gasteiger partial charge in [0.2, 0.25) is 5.71 Å². The van der Waals surface area contributed by atoms with Gasteiger partial charge < -0.3 is 5.73 Å². The number of hydrazone groups is 1. The highest BCUT2D eigenvalue weighted by Gasteiger charge is 2.10. The van der Waals surface area contributed by atoms with Gasteiger partial charge in [0.15, 0.2) is 5.84 Å². The van der Waals surface area contributed by atoms with Crippen LogP contribution in [0.15, 0.2) is 23.3 Å². The number of benzene rings is 1. The third kappa shape index (κ3) is 2.99. The molecule has 1 aromatic carbocycles. The maximum absolute atomic E-state index is 13.3. The smallest absolute Gasteiger partial charge is 0.271 e. The molecule has 0 aliphatic rings. The Hall–Kier alpha value is -3.02. The molecule has 0 spiro atoms. The molecule has 0 radical (unpaired) electrons. The lowest BCUT2D eigenvalue weighted by molar-refractivity contribution is -0.384. The number of hydrogen-bond acceptors (Lipinski definition) is 6. The van der Waals surface area contributed by atoms with Crippen molar-refractivity contribution in [2.75, 3.05) is 5.43 Å². The minimum Gasteiger partial charge on any atom is -0.382 e. The summed E-state index contributed by atoms with van der Waals surface area (Å²) in [4.78, 5) is 9.78. The van der Waals surface area contributed by atoms with Gasteiger partial charge in [-0.2, -0.15) is 10.4 Å². The van der Waals surface area contributed by atoms with Gasteiger partial charge in [0.25, 0.3) is 5.69 Å². The minimum absolute atomic E-state index is 0.293. The number of nitrogens with zero attached hydrogens (tertiary/aromatic N) is 3. The average molecular weight is 250 g/mol. The van der Waals surface area contributed by atoms with Gasteiger partial charge in [-0.25, -0.2) is 4.39 Å². The van der Waals surface area contributed by atoms with Crippen molar-refractivity contribution in [2.45, 2.75) is 0 Å². The van der Waals surface area contributed by atoms with E-state index >= 15 is 0 Å². The lowest BCUT2D eigenvalue weighted by atomic mass is 10.3. The number of nitrogens with two attached hydrogens (primary N) is 1. The third-order valence-corrected chi connectivity index (χ3v) is 1.81. The summed E-state index contributed by atoms with van der Waals surface area (Å²) in [5, 5.41) is 29.4. The standard InChI is InChI=1S/C9H7FN6O2/c10-6-2-1-5(16(17)18)3-7(6)14-15-8(4-11)9(12)13/h1-3,14H,(H3,12,13)/b15-8+. The summed E-state index contributed by atoms with van der Waals surface area (Å²) >= 11 is 0. The number of hydrogen-bond donors (Lipinski definition) is 3. The Morgan fingerprint density at radius 2 is 2.33 bits per heavy atom. The molecule has 0 bridgehead atoms. The van der Waals surface area contributed by atoms with Gasteiger partial charge in [-0.3, -0.25) is 20.9 Å². The molecule has 1 rings (SSSR count). The van der Waals surface area contributed by atoms with E-state index in [-0.39, 0.29) is 11.4 Å². The second-order valence-electron chi connectivity index (χ2n) is 3.02. The Morgan fingerprint density at radius 3 is 2.83 bits per heavy atom. The molecule has 0 heterocycles. The monoisotopic (exact) mass is 250 g/mol. The molecule has 8 nitrogen and oxygen atoms in total. The molecule has 0 unspecified atom stereocenters. The molecule has 0 saturated carbocycles. The number of anilines is 1. The Labute approximate surface area is 100 Å². The van der Waals surface area contributed by atoms with Crippen LogP contribution in [0, 0.1) is 32.7 Å². The number of nitrogens with one attached hydrogen (secondary N) is 2. The maximum Gasteiger partial charge on any atom is 0.271 e. The van der Waals surface area contributed by atoms with Crippen molar-refractivity contribution >= 4 is 22.9 Å². The molecule has 0 aliphatic heterocycles. The van der Waals surface area contributed by atoms with E-state index in [1.165, 1.54) is 6.07 Å². The number of nitro benzene ring substituents is 1. The molecule has 0 saturated heterocycles. The summed E-state index contributed by atoms with van der Waals surface area (Å²) in [7, 11) is 0. The fraction of sp³-hybridized carbons (Fsp3) is 0. The molecule has 18 heavy (non-hydrogen) atoms. The first-order chi connectivity index (χ1) is 8.45. The molecule has 9 heteroatoms. The lowest BCUT2D eigenvalue weighted by Crippen LogP contribution is -2.22. The largest absolute Gasteiger partial charge is 0.382 e. The zero-order chi connectivity index (χ0) is 13.7. The number of rotatable bonds is 4. The molecule has 0 amide bonds. The van der Waals surface area contributed by atoms with Crippen molar-refractivity contribution in [3.63, 3.8) is 0 Å². The van der Waals surface area contributed by atoms with Gasteiger partial charge in [-0.1, -0.05) is 0 Å². The van der Waals surface area contributed by atoms with Crippen LogP contribution >= 0.6 is 0 Å². The number of nitriles is 1. The summed E-state index contributed by atoms with van der Waals surface area (Å²) in [6, 6.07) is 4.29. The van der Waals surface area contributed by atoms with Crippen LogP contribution in [0.5, 0.6) is 0 Å². The quantitative estimate of drug-likeness (QED) is 0.316. The molecule has 0 fully saturated rings. The van der Waals surface area contributed by atoms with E-state index in [1.54, 1.807) is 0 Å². The van der Waals surface area contributed by atoms with Crippen LogP contribution in [0.4, 0.5) is 15.8 Å². The van der Waals surface area contributed by atoms with E-state index in [1.807, 2.05) is 0 Å². The van der Waals surface area contributed by atoms with E-state index in [4.69, 9.17) is 16.4 Å². The van der Waals surface area contributed by atoms with E-state index in [0.717, 1.165) is 18.2 Å². The summed E-state index contributed by atoms with van der Waals surface area (Å²) in [6.07, 6.45) is 0. The number of nitro groups is 1. The Kier molecular flexibility index (Phi) is 3.88. The van der Waals surface area contributed by atoms with Gasteiger partial charge in [0, 0.05) is 12.1 Å². The number of non-ortho nitro benzene ring substituents is 1. The van der Waals surface area contributed by atoms with Crippen molar-refractivity contribution in [3.05, 3.63) is 34.1 Å². The maximum atomic E-state index is 13.3. The van der Waals surface area contributed by atoms with Crippen molar-refractivity contribution in [2.24, 2.45) is 10.8 Å². The summed E-state index contributed by atoms with van der Waals surface area (Å²) in [5.41, 5.74) is 6.03. The number of halogens is 1. The van der Waals surface area contributed by atoms with Crippen LogP contribution in [0.1, 0.15) is 0 Å². The van der Waals surface area contributed by atoms with Crippen molar-refractivity contribution in [1.29, 1.82) is 10.7 Å². The minimum atomic E-state index is -0.787. The highest BCUT2D eigenvalue weighted by molar-refractivity contribution is 6.45. The molecule has 4 N–H and O–H groups in total. The predicted molar refractivity (Wildman–Crippen MR) is 61.6 cm³/mol. The fourth-order valence-corrected chi connectivity index (χ4v) is 0.974. The van der Waals surface area contributed by atoms with Crippen molar-refractivity contribution in [3.8, 4) is 6.07 Å². The summed E-state index contributed by atoms with van der Waals surface area (Å²) < 4.78 is 13.3. The highest BCUT2D eigenvalue weighted by atomic mass is 19.1. The van der Waals surface area contributed by atoms with Crippen molar-refractivity contribution in [1.82, 2.24) is 0 Å². The van der Waals surface area contributed by atoms with Crippen LogP contribution in [0.3, 0.4) is 0 Å². The van der Waals surface area contributed by atoms with Gasteiger partial charge in [0.1, 0.15) is 11.9 Å². The molecule has 1 aromatic rings. The van der Waals surface area contributed by atoms with Crippen LogP contribution < -0.4 is 11.2 Å². The van der Waals surface area contributed by atoms with Gasteiger partial charge in [0.05, 0.1) is 10.6 Å². The van der Waals surface area contributed by atoms with Gasteiger partial charge in [-0.05, 0) is 6.07 Å². The zero-order valence-electron chi connectivity index (χ0n) is 8.85. The second-order valence-corrected chi connectivity index (χ2v) is 3.02. The first-order valence-corrected chi connectivity index (χ1v) is 4.48. The van der Waals surface area contributed by atoms with Crippen molar-refractivity contribution < 1.29 is 9.31 Å². The zero-order valence-corrected chi connectivity index (χ0v) is 8.85. The molecule has 0 aromatic heterocycles. The Morgan fingerprint density at radius 1 is 1.67 bits per heavy atom. The van der Waals surface area contributed by atoms with Gasteiger partial charge >= 0.3 is 0 Å². The molecular weight excluding hydrogens is 243 g/mol. The normalized spacial score (nSPS) is 10.6. The highest BCUT2D eigenvalue weighted by Crippen LogP contribution is 2.21. The predicted octanol–water partition coefficient (Wildman–Crippen LogP) is 0.961.